The molecule has 0 bridgehead atoms. The smallest absolute Gasteiger partial charge is 0.240 e. The van der Waals surface area contributed by atoms with Gasteiger partial charge < -0.3 is 20.3 Å². The van der Waals surface area contributed by atoms with Crippen molar-refractivity contribution in [3.8, 4) is 5.75 Å². The Labute approximate surface area is 152 Å². The molecule has 3 N–H and O–H groups in total. The Hall–Kier alpha value is -2.45. The molecular formula is C18H25N5O3. The summed E-state index contributed by atoms with van der Waals surface area (Å²) in [5.41, 5.74) is 6.53. The van der Waals surface area contributed by atoms with Gasteiger partial charge in [0.15, 0.2) is 5.82 Å². The zero-order chi connectivity index (χ0) is 18.4. The summed E-state index contributed by atoms with van der Waals surface area (Å²) in [5, 5.41) is 6.94. The Balaban J connectivity index is 1.41. The van der Waals surface area contributed by atoms with Crippen LogP contribution in [-0.4, -0.2) is 41.1 Å². The Bertz CT molecular complexity index is 708. The number of nitrogens with one attached hydrogen (secondary N) is 1. The van der Waals surface area contributed by atoms with E-state index in [0.29, 0.717) is 24.8 Å². The van der Waals surface area contributed by atoms with E-state index in [1.165, 1.54) is 0 Å². The number of likely N-dealkylation sites (tertiary alicyclic amines) is 1. The van der Waals surface area contributed by atoms with Gasteiger partial charge in [-0.3, -0.25) is 9.69 Å². The topological polar surface area (TPSA) is 107 Å². The zero-order valence-electron chi connectivity index (χ0n) is 15.0. The van der Waals surface area contributed by atoms with Crippen LogP contribution in [0.5, 0.6) is 5.75 Å². The third kappa shape index (κ3) is 4.80. The molecular weight excluding hydrogens is 334 g/mol. The minimum atomic E-state index is 0.0503. The fraction of sp³-hybridized carbons (Fsp3) is 0.500. The van der Waals surface area contributed by atoms with Crippen molar-refractivity contribution in [3.05, 3.63) is 41.5 Å². The number of carbonyl (C=O) groups is 1. The van der Waals surface area contributed by atoms with Gasteiger partial charge in [0, 0.05) is 12.5 Å². The van der Waals surface area contributed by atoms with Crippen LogP contribution in [0.3, 0.4) is 0 Å². The largest absolute Gasteiger partial charge is 0.497 e. The average molecular weight is 359 g/mol. The van der Waals surface area contributed by atoms with Crippen LogP contribution >= 0.6 is 0 Å². The van der Waals surface area contributed by atoms with Gasteiger partial charge in [0.2, 0.25) is 11.8 Å². The molecule has 0 atom stereocenters. The molecule has 1 aromatic carbocycles. The van der Waals surface area contributed by atoms with Crippen LogP contribution in [-0.2, 0) is 24.4 Å². The summed E-state index contributed by atoms with van der Waals surface area (Å²) in [7, 11) is 1.64. The van der Waals surface area contributed by atoms with Crippen LogP contribution in [0.1, 0.15) is 30.1 Å². The van der Waals surface area contributed by atoms with Crippen LogP contribution < -0.4 is 15.8 Å². The number of hydrogen-bond acceptors (Lipinski definition) is 7. The van der Waals surface area contributed by atoms with Gasteiger partial charge >= 0.3 is 0 Å². The highest BCUT2D eigenvalue weighted by atomic mass is 16.5. The van der Waals surface area contributed by atoms with Gasteiger partial charge in [-0.05, 0) is 43.6 Å². The van der Waals surface area contributed by atoms with E-state index < -0.39 is 0 Å². The van der Waals surface area contributed by atoms with Gasteiger partial charge in [-0.1, -0.05) is 17.3 Å². The summed E-state index contributed by atoms with van der Waals surface area (Å²) in [6.45, 7) is 3.10. The van der Waals surface area contributed by atoms with Crippen molar-refractivity contribution in [2.75, 3.05) is 20.2 Å². The number of nitrogens with two attached hydrogens (primary N) is 1. The number of ether oxygens (including phenoxy) is 1. The molecule has 1 saturated heterocycles. The second-order valence-electron chi connectivity index (χ2n) is 6.42. The first-order chi connectivity index (χ1) is 12.7. The van der Waals surface area contributed by atoms with Crippen LogP contribution in [0.4, 0.5) is 0 Å². The Morgan fingerprint density at radius 1 is 1.35 bits per heavy atom. The van der Waals surface area contributed by atoms with E-state index in [1.54, 1.807) is 7.11 Å². The first-order valence-electron chi connectivity index (χ1n) is 8.82. The fourth-order valence-electron chi connectivity index (χ4n) is 3.07. The molecule has 0 radical (unpaired) electrons. The van der Waals surface area contributed by atoms with E-state index >= 15 is 0 Å². The highest BCUT2D eigenvalue weighted by molar-refractivity contribution is 5.78. The lowest BCUT2D eigenvalue weighted by atomic mass is 9.96. The number of methoxy groups -OCH3 is 1. The molecule has 1 amide bonds. The summed E-state index contributed by atoms with van der Waals surface area (Å²) in [5.74, 6) is 2.08. The van der Waals surface area contributed by atoms with Gasteiger partial charge in [-0.15, -0.1) is 0 Å². The lowest BCUT2D eigenvalue weighted by Gasteiger charge is -2.30. The number of hydrogen-bond donors (Lipinski definition) is 2. The molecule has 1 aliphatic heterocycles. The molecule has 26 heavy (non-hydrogen) atoms. The van der Waals surface area contributed by atoms with Crippen molar-refractivity contribution < 1.29 is 14.1 Å². The fourth-order valence-corrected chi connectivity index (χ4v) is 3.07. The number of aromatic nitrogens is 2. The number of amides is 1. The Morgan fingerprint density at radius 2 is 2.08 bits per heavy atom. The summed E-state index contributed by atoms with van der Waals surface area (Å²) in [4.78, 5) is 18.8. The molecule has 0 spiro atoms. The predicted molar refractivity (Wildman–Crippen MR) is 95.0 cm³/mol. The van der Waals surface area contributed by atoms with E-state index in [2.05, 4.69) is 20.4 Å². The molecule has 8 nitrogen and oxygen atoms in total. The molecule has 0 aliphatic carbocycles. The van der Waals surface area contributed by atoms with E-state index in [1.807, 2.05) is 24.3 Å². The summed E-state index contributed by atoms with van der Waals surface area (Å²) in [6, 6.07) is 7.71. The maximum absolute atomic E-state index is 12.4. The number of piperidine rings is 1. The number of carbonyl (C=O) groups excluding carboxylic acids is 1. The molecule has 1 aromatic heterocycles. The van der Waals surface area contributed by atoms with E-state index in [9.17, 15) is 4.79 Å². The van der Waals surface area contributed by atoms with E-state index in [4.69, 9.17) is 15.0 Å². The Morgan fingerprint density at radius 3 is 2.69 bits per heavy atom. The van der Waals surface area contributed by atoms with Crippen LogP contribution in [0.2, 0.25) is 0 Å². The lowest BCUT2D eigenvalue weighted by Crippen LogP contribution is -2.40. The third-order valence-electron chi connectivity index (χ3n) is 4.63. The molecule has 2 heterocycles. The van der Waals surface area contributed by atoms with Crippen LogP contribution in [0, 0.1) is 5.92 Å². The van der Waals surface area contributed by atoms with Crippen molar-refractivity contribution >= 4 is 5.91 Å². The maximum Gasteiger partial charge on any atom is 0.240 e. The highest BCUT2D eigenvalue weighted by Crippen LogP contribution is 2.19. The molecule has 3 rings (SSSR count). The zero-order valence-corrected chi connectivity index (χ0v) is 15.0. The highest BCUT2D eigenvalue weighted by Gasteiger charge is 2.25. The third-order valence-corrected chi connectivity index (χ3v) is 4.63. The molecule has 0 unspecified atom stereocenters. The van der Waals surface area contributed by atoms with Crippen molar-refractivity contribution in [3.63, 3.8) is 0 Å². The molecule has 1 aliphatic rings. The molecule has 2 aromatic rings. The summed E-state index contributed by atoms with van der Waals surface area (Å²) >= 11 is 0. The molecule has 0 saturated carbocycles. The van der Waals surface area contributed by atoms with Gasteiger partial charge in [0.1, 0.15) is 5.75 Å². The van der Waals surface area contributed by atoms with E-state index in [0.717, 1.165) is 37.2 Å². The van der Waals surface area contributed by atoms with Crippen LogP contribution in [0.15, 0.2) is 28.8 Å². The number of rotatable bonds is 7. The molecule has 8 heteroatoms. The van der Waals surface area contributed by atoms with Crippen molar-refractivity contribution in [1.82, 2.24) is 20.4 Å². The minimum absolute atomic E-state index is 0.0503. The second kappa shape index (κ2) is 8.77. The SMILES string of the molecule is COc1ccc(CNC(=O)C2CCN(Cc3noc(CN)n3)CC2)cc1. The standard InChI is InChI=1S/C18H25N5O3/c1-25-15-4-2-13(3-5-15)11-20-18(24)14-6-8-23(9-7-14)12-16-21-17(10-19)26-22-16/h2-5,14H,6-12,19H2,1H3,(H,20,24). The van der Waals surface area contributed by atoms with E-state index in [-0.39, 0.29) is 18.4 Å². The second-order valence-corrected chi connectivity index (χ2v) is 6.42. The van der Waals surface area contributed by atoms with Crippen molar-refractivity contribution in [1.29, 1.82) is 0 Å². The summed E-state index contributed by atoms with van der Waals surface area (Å²) in [6.07, 6.45) is 1.66. The van der Waals surface area contributed by atoms with Gasteiger partial charge in [0.25, 0.3) is 0 Å². The van der Waals surface area contributed by atoms with Gasteiger partial charge in [0.05, 0.1) is 20.2 Å². The van der Waals surface area contributed by atoms with Crippen molar-refractivity contribution in [2.45, 2.75) is 32.5 Å². The Kier molecular flexibility index (Phi) is 6.19. The monoisotopic (exact) mass is 359 g/mol. The quantitative estimate of drug-likeness (QED) is 0.761. The summed E-state index contributed by atoms with van der Waals surface area (Å²) < 4.78 is 10.2. The number of nitrogens with zero attached hydrogens (tertiary/aromatic N) is 3. The van der Waals surface area contributed by atoms with Crippen molar-refractivity contribution in [2.24, 2.45) is 11.7 Å². The number of benzene rings is 1. The molecule has 1 fully saturated rings. The van der Waals surface area contributed by atoms with Gasteiger partial charge in [-0.2, -0.15) is 4.98 Å². The minimum Gasteiger partial charge on any atom is -0.497 e. The van der Waals surface area contributed by atoms with Crippen LogP contribution in [0.25, 0.3) is 0 Å². The molecule has 140 valence electrons. The normalized spacial score (nSPS) is 15.8. The lowest BCUT2D eigenvalue weighted by molar-refractivity contribution is -0.126. The average Bonchev–Trinajstić information content (AvgIpc) is 3.14. The first-order valence-corrected chi connectivity index (χ1v) is 8.82. The van der Waals surface area contributed by atoms with Gasteiger partial charge in [-0.25, -0.2) is 0 Å². The maximum atomic E-state index is 12.4. The predicted octanol–water partition coefficient (Wildman–Crippen LogP) is 1.07. The first kappa shape index (κ1) is 18.3.